The van der Waals surface area contributed by atoms with Crippen LogP contribution in [0.25, 0.3) is 0 Å². The molecule has 94 valence electrons. The van der Waals surface area contributed by atoms with Crippen LogP contribution in [0.3, 0.4) is 0 Å². The summed E-state index contributed by atoms with van der Waals surface area (Å²) in [5.74, 6) is 1.08. The monoisotopic (exact) mass is 216 g/mol. The van der Waals surface area contributed by atoms with Crippen molar-refractivity contribution < 1.29 is 4.74 Å². The molecule has 1 heteroatoms. The maximum Gasteiger partial charge on any atom is 0.0516 e. The number of hydrogen-bond donors (Lipinski definition) is 0. The standard InChI is InChI=1S/C6H12O.C4H8.2C2H6/c1-6(3-4-6)5-7-2;1-4-2-3-4;2*1-2/h3-5H2,1-2H3;4H,2-3H2,1H3;2*1-2H3. The Balaban J connectivity index is 0. The molecule has 0 spiro atoms. The summed E-state index contributed by atoms with van der Waals surface area (Å²) in [5.41, 5.74) is 0.578. The molecule has 0 bridgehead atoms. The van der Waals surface area contributed by atoms with Crippen LogP contribution >= 0.6 is 0 Å². The molecule has 2 rings (SSSR count). The lowest BCUT2D eigenvalue weighted by Crippen LogP contribution is -2.01. The Morgan fingerprint density at radius 2 is 1.40 bits per heavy atom. The zero-order valence-electron chi connectivity index (χ0n) is 12.0. The van der Waals surface area contributed by atoms with Crippen LogP contribution in [-0.2, 0) is 4.74 Å². The summed E-state index contributed by atoms with van der Waals surface area (Å²) >= 11 is 0. The van der Waals surface area contributed by atoms with Gasteiger partial charge in [0.05, 0.1) is 6.61 Å². The molecule has 15 heavy (non-hydrogen) atoms. The first kappa shape index (κ1) is 17.4. The normalized spacial score (nSPS) is 19.4. The van der Waals surface area contributed by atoms with Gasteiger partial charge in [-0.3, -0.25) is 0 Å². The van der Waals surface area contributed by atoms with Gasteiger partial charge in [0.15, 0.2) is 0 Å². The van der Waals surface area contributed by atoms with E-state index in [1.165, 1.54) is 25.7 Å². The van der Waals surface area contributed by atoms with Crippen molar-refractivity contribution in [3.05, 3.63) is 0 Å². The van der Waals surface area contributed by atoms with Crippen molar-refractivity contribution >= 4 is 0 Å². The van der Waals surface area contributed by atoms with E-state index in [1.807, 2.05) is 27.7 Å². The second kappa shape index (κ2) is 10.5. The third-order valence-electron chi connectivity index (χ3n) is 2.46. The van der Waals surface area contributed by atoms with Gasteiger partial charge in [-0.2, -0.15) is 0 Å². The second-order valence-electron chi connectivity index (χ2n) is 4.43. The highest BCUT2D eigenvalue weighted by Crippen LogP contribution is 2.44. The predicted octanol–water partition coefficient (Wildman–Crippen LogP) is 4.90. The number of ether oxygens (including phenoxy) is 1. The molecule has 2 saturated carbocycles. The molecule has 0 aromatic carbocycles. The van der Waals surface area contributed by atoms with Crippen molar-refractivity contribution in [2.75, 3.05) is 13.7 Å². The van der Waals surface area contributed by atoms with Gasteiger partial charge in [0.25, 0.3) is 0 Å². The van der Waals surface area contributed by atoms with Crippen molar-refractivity contribution in [2.45, 2.75) is 67.2 Å². The van der Waals surface area contributed by atoms with E-state index in [0.717, 1.165) is 12.5 Å². The average molecular weight is 216 g/mol. The van der Waals surface area contributed by atoms with Gasteiger partial charge in [0.1, 0.15) is 0 Å². The molecular formula is C14H32O. The van der Waals surface area contributed by atoms with E-state index in [2.05, 4.69) is 13.8 Å². The topological polar surface area (TPSA) is 9.23 Å². The lowest BCUT2D eigenvalue weighted by molar-refractivity contribution is 0.150. The van der Waals surface area contributed by atoms with Gasteiger partial charge >= 0.3 is 0 Å². The molecule has 2 aliphatic carbocycles. The third-order valence-corrected chi connectivity index (χ3v) is 2.46. The maximum atomic E-state index is 4.97. The van der Waals surface area contributed by atoms with E-state index >= 15 is 0 Å². The minimum absolute atomic E-state index is 0.578. The van der Waals surface area contributed by atoms with E-state index in [9.17, 15) is 0 Å². The fourth-order valence-corrected chi connectivity index (χ4v) is 0.873. The molecular weight excluding hydrogens is 184 g/mol. The van der Waals surface area contributed by atoms with Gasteiger partial charge < -0.3 is 4.74 Å². The Morgan fingerprint density at radius 1 is 1.07 bits per heavy atom. The molecule has 0 amide bonds. The van der Waals surface area contributed by atoms with E-state index in [0.29, 0.717) is 5.41 Å². The zero-order chi connectivity index (χ0) is 12.3. The highest BCUT2D eigenvalue weighted by molar-refractivity contribution is 4.87. The van der Waals surface area contributed by atoms with Gasteiger partial charge in [-0.15, -0.1) is 0 Å². The Kier molecular flexibility index (Phi) is 12.1. The number of methoxy groups -OCH3 is 1. The van der Waals surface area contributed by atoms with Crippen LogP contribution in [-0.4, -0.2) is 13.7 Å². The summed E-state index contributed by atoms with van der Waals surface area (Å²) in [7, 11) is 1.77. The molecule has 2 fully saturated rings. The molecule has 2 aliphatic rings. The van der Waals surface area contributed by atoms with Crippen LogP contribution in [0.2, 0.25) is 0 Å². The Morgan fingerprint density at radius 3 is 1.47 bits per heavy atom. The van der Waals surface area contributed by atoms with Crippen molar-refractivity contribution in [1.29, 1.82) is 0 Å². The first-order valence-corrected chi connectivity index (χ1v) is 6.65. The Bertz CT molecular complexity index is 113. The molecule has 0 aliphatic heterocycles. The third kappa shape index (κ3) is 14.0. The summed E-state index contributed by atoms with van der Waals surface area (Å²) in [6.45, 7) is 13.5. The van der Waals surface area contributed by atoms with Crippen molar-refractivity contribution in [3.8, 4) is 0 Å². The quantitative estimate of drug-likeness (QED) is 0.638. The first-order valence-electron chi connectivity index (χ1n) is 6.65. The largest absolute Gasteiger partial charge is 0.384 e. The van der Waals surface area contributed by atoms with Crippen LogP contribution in [0.1, 0.15) is 67.2 Å². The SMILES string of the molecule is CC.CC.CC1CC1.COCC1(C)CC1. The zero-order valence-corrected chi connectivity index (χ0v) is 12.0. The smallest absolute Gasteiger partial charge is 0.0516 e. The molecule has 0 N–H and O–H groups in total. The van der Waals surface area contributed by atoms with E-state index in [1.54, 1.807) is 7.11 Å². The molecule has 0 atom stereocenters. The molecule has 0 heterocycles. The van der Waals surface area contributed by atoms with Crippen molar-refractivity contribution in [3.63, 3.8) is 0 Å². The van der Waals surface area contributed by atoms with Crippen LogP contribution in [0.15, 0.2) is 0 Å². The fourth-order valence-electron chi connectivity index (χ4n) is 0.873. The van der Waals surface area contributed by atoms with Gasteiger partial charge in [-0.1, -0.05) is 54.4 Å². The van der Waals surface area contributed by atoms with Crippen LogP contribution in [0.4, 0.5) is 0 Å². The lowest BCUT2D eigenvalue weighted by atomic mass is 10.2. The molecule has 1 nitrogen and oxygen atoms in total. The Hall–Kier alpha value is -0.0400. The van der Waals surface area contributed by atoms with Crippen LogP contribution in [0, 0.1) is 11.3 Å². The van der Waals surface area contributed by atoms with Gasteiger partial charge in [0.2, 0.25) is 0 Å². The van der Waals surface area contributed by atoms with E-state index < -0.39 is 0 Å². The van der Waals surface area contributed by atoms with Crippen LogP contribution in [0.5, 0.6) is 0 Å². The van der Waals surface area contributed by atoms with Gasteiger partial charge in [-0.05, 0) is 24.2 Å². The summed E-state index contributed by atoms with van der Waals surface area (Å²) in [4.78, 5) is 0. The van der Waals surface area contributed by atoms with E-state index in [4.69, 9.17) is 4.74 Å². The molecule has 0 aromatic heterocycles. The van der Waals surface area contributed by atoms with Gasteiger partial charge in [0, 0.05) is 7.11 Å². The van der Waals surface area contributed by atoms with Crippen molar-refractivity contribution in [1.82, 2.24) is 0 Å². The summed E-state index contributed by atoms with van der Waals surface area (Å²) in [6, 6.07) is 0. The van der Waals surface area contributed by atoms with E-state index in [-0.39, 0.29) is 0 Å². The lowest BCUT2D eigenvalue weighted by Gasteiger charge is -2.02. The minimum Gasteiger partial charge on any atom is -0.384 e. The van der Waals surface area contributed by atoms with Crippen LogP contribution < -0.4 is 0 Å². The fraction of sp³-hybridized carbons (Fsp3) is 1.00. The second-order valence-corrected chi connectivity index (χ2v) is 4.43. The molecule has 0 radical (unpaired) electrons. The van der Waals surface area contributed by atoms with Crippen molar-refractivity contribution in [2.24, 2.45) is 11.3 Å². The molecule has 0 saturated heterocycles. The predicted molar refractivity (Wildman–Crippen MR) is 70.3 cm³/mol. The summed E-state index contributed by atoms with van der Waals surface area (Å²) < 4.78 is 4.97. The number of hydrogen-bond acceptors (Lipinski definition) is 1. The minimum atomic E-state index is 0.578. The first-order chi connectivity index (χ1) is 7.16. The molecule has 0 aromatic rings. The molecule has 0 unspecified atom stereocenters. The summed E-state index contributed by atoms with van der Waals surface area (Å²) in [6.07, 6.45) is 5.70. The highest BCUT2D eigenvalue weighted by Gasteiger charge is 2.36. The Labute approximate surface area is 97.6 Å². The highest BCUT2D eigenvalue weighted by atomic mass is 16.5. The summed E-state index contributed by atoms with van der Waals surface area (Å²) in [5, 5.41) is 0. The van der Waals surface area contributed by atoms with Gasteiger partial charge in [-0.25, -0.2) is 0 Å². The maximum absolute atomic E-state index is 4.97. The number of rotatable bonds is 2. The average Bonchev–Trinajstić information content (AvgIpc) is 3.17.